The van der Waals surface area contributed by atoms with Crippen molar-refractivity contribution in [1.29, 1.82) is 0 Å². The van der Waals surface area contributed by atoms with Gasteiger partial charge < -0.3 is 4.74 Å². The molecule has 0 aliphatic heterocycles. The smallest absolute Gasteiger partial charge is 0.261 e. The van der Waals surface area contributed by atoms with Crippen molar-refractivity contribution in [3.63, 3.8) is 0 Å². The molecule has 0 aromatic heterocycles. The summed E-state index contributed by atoms with van der Waals surface area (Å²) in [4.78, 5) is 0.0796. The third kappa shape index (κ3) is 4.12. The van der Waals surface area contributed by atoms with Crippen molar-refractivity contribution < 1.29 is 13.2 Å². The van der Waals surface area contributed by atoms with Crippen LogP contribution in [0.25, 0.3) is 0 Å². The Morgan fingerprint density at radius 1 is 1.24 bits per heavy atom. The summed E-state index contributed by atoms with van der Waals surface area (Å²) in [6, 6.07) is 11.3. The fourth-order valence-corrected chi connectivity index (χ4v) is 3.46. The minimum atomic E-state index is -3.70. The first-order chi connectivity index (χ1) is 9.92. The molecule has 21 heavy (non-hydrogen) atoms. The summed E-state index contributed by atoms with van der Waals surface area (Å²) >= 11 is 9.31. The van der Waals surface area contributed by atoms with Gasteiger partial charge in [0.25, 0.3) is 10.0 Å². The Kier molecular flexibility index (Phi) is 5.13. The van der Waals surface area contributed by atoms with E-state index in [1.165, 1.54) is 12.1 Å². The average Bonchev–Trinajstić information content (AvgIpc) is 2.40. The Balaban J connectivity index is 2.29. The topological polar surface area (TPSA) is 55.4 Å². The molecule has 0 radical (unpaired) electrons. The first-order valence-corrected chi connectivity index (χ1v) is 8.78. The number of hydrogen-bond donors (Lipinski definition) is 1. The van der Waals surface area contributed by atoms with Gasteiger partial charge in [-0.2, -0.15) is 0 Å². The quantitative estimate of drug-likeness (QED) is 0.828. The molecule has 0 heterocycles. The molecule has 0 saturated heterocycles. The summed E-state index contributed by atoms with van der Waals surface area (Å²) in [5, 5.41) is 0.258. The fraction of sp³-hybridized carbons (Fsp3) is 0.143. The monoisotopic (exact) mass is 389 g/mol. The second-order valence-electron chi connectivity index (χ2n) is 4.14. The summed E-state index contributed by atoms with van der Waals surface area (Å²) in [6.07, 6.45) is 0. The van der Waals surface area contributed by atoms with Crippen LogP contribution in [0, 0.1) is 0 Å². The lowest BCUT2D eigenvalue weighted by molar-refractivity contribution is 0.340. The van der Waals surface area contributed by atoms with Crippen LogP contribution in [0.1, 0.15) is 6.92 Å². The van der Waals surface area contributed by atoms with Crippen LogP contribution in [0.3, 0.4) is 0 Å². The average molecular weight is 391 g/mol. The van der Waals surface area contributed by atoms with Gasteiger partial charge in [-0.15, -0.1) is 0 Å². The zero-order valence-electron chi connectivity index (χ0n) is 11.1. The third-order valence-electron chi connectivity index (χ3n) is 2.59. The summed E-state index contributed by atoms with van der Waals surface area (Å²) in [7, 11) is -3.70. The van der Waals surface area contributed by atoms with Crippen LogP contribution >= 0.6 is 27.5 Å². The van der Waals surface area contributed by atoms with Crippen LogP contribution in [0.15, 0.2) is 51.8 Å². The zero-order valence-corrected chi connectivity index (χ0v) is 14.3. The van der Waals surface area contributed by atoms with E-state index in [1.807, 2.05) is 13.0 Å². The lowest BCUT2D eigenvalue weighted by Gasteiger charge is -2.10. The molecule has 0 spiro atoms. The molecule has 1 N–H and O–H groups in total. The third-order valence-corrected chi connectivity index (χ3v) is 4.76. The summed E-state index contributed by atoms with van der Waals surface area (Å²) < 4.78 is 33.2. The van der Waals surface area contributed by atoms with E-state index in [2.05, 4.69) is 20.7 Å². The highest BCUT2D eigenvalue weighted by atomic mass is 79.9. The Morgan fingerprint density at radius 2 is 2.00 bits per heavy atom. The zero-order chi connectivity index (χ0) is 15.5. The molecule has 112 valence electrons. The minimum Gasteiger partial charge on any atom is -0.492 e. The molecule has 0 amide bonds. The molecule has 4 nitrogen and oxygen atoms in total. The molecule has 2 aromatic rings. The van der Waals surface area contributed by atoms with Gasteiger partial charge in [0.1, 0.15) is 5.75 Å². The highest BCUT2D eigenvalue weighted by Gasteiger charge is 2.16. The molecule has 0 atom stereocenters. The standard InChI is InChI=1S/C14H13BrClNO3S/c1-2-20-14-7-6-12(9-13(14)16)21(18,19)17-11-5-3-4-10(15)8-11/h3-9,17H,2H2,1H3. The van der Waals surface area contributed by atoms with Crippen LogP contribution in [0.2, 0.25) is 5.02 Å². The highest BCUT2D eigenvalue weighted by Crippen LogP contribution is 2.28. The normalized spacial score (nSPS) is 11.2. The summed E-state index contributed by atoms with van der Waals surface area (Å²) in [5.74, 6) is 0.459. The first-order valence-electron chi connectivity index (χ1n) is 6.13. The SMILES string of the molecule is CCOc1ccc(S(=O)(=O)Nc2cccc(Br)c2)cc1Cl. The molecular weight excluding hydrogens is 378 g/mol. The molecule has 2 rings (SSSR count). The lowest BCUT2D eigenvalue weighted by atomic mass is 10.3. The number of rotatable bonds is 5. The molecule has 7 heteroatoms. The molecule has 0 aliphatic rings. The Bertz CT molecular complexity index is 750. The van der Waals surface area contributed by atoms with Gasteiger partial charge in [-0.25, -0.2) is 8.42 Å². The molecule has 0 saturated carbocycles. The van der Waals surface area contributed by atoms with Crippen LogP contribution < -0.4 is 9.46 Å². The van der Waals surface area contributed by atoms with Crippen molar-refractivity contribution in [2.24, 2.45) is 0 Å². The van der Waals surface area contributed by atoms with E-state index in [0.29, 0.717) is 18.0 Å². The number of halogens is 2. The summed E-state index contributed by atoms with van der Waals surface area (Å²) in [6.45, 7) is 2.29. The predicted octanol–water partition coefficient (Wildman–Crippen LogP) is 4.30. The number of nitrogens with one attached hydrogen (secondary N) is 1. The maximum Gasteiger partial charge on any atom is 0.261 e. The van der Waals surface area contributed by atoms with Crippen LogP contribution in [0.5, 0.6) is 5.75 Å². The molecule has 0 aliphatic carbocycles. The van der Waals surface area contributed by atoms with Gasteiger partial charge in [0.2, 0.25) is 0 Å². The fourth-order valence-electron chi connectivity index (χ4n) is 1.69. The van der Waals surface area contributed by atoms with Crippen LogP contribution in [-0.4, -0.2) is 15.0 Å². The lowest BCUT2D eigenvalue weighted by Crippen LogP contribution is -2.13. The van der Waals surface area contributed by atoms with E-state index >= 15 is 0 Å². The number of benzene rings is 2. The number of ether oxygens (including phenoxy) is 1. The molecule has 0 bridgehead atoms. The van der Waals surface area contributed by atoms with Crippen LogP contribution in [-0.2, 0) is 10.0 Å². The van der Waals surface area contributed by atoms with E-state index in [0.717, 1.165) is 4.47 Å². The molecule has 0 fully saturated rings. The van der Waals surface area contributed by atoms with E-state index < -0.39 is 10.0 Å². The van der Waals surface area contributed by atoms with Gasteiger partial charge in [-0.3, -0.25) is 4.72 Å². The van der Waals surface area contributed by atoms with Gasteiger partial charge in [0, 0.05) is 10.2 Å². The maximum absolute atomic E-state index is 12.3. The van der Waals surface area contributed by atoms with E-state index in [4.69, 9.17) is 16.3 Å². The molecule has 2 aromatic carbocycles. The summed E-state index contributed by atoms with van der Waals surface area (Å²) in [5.41, 5.74) is 0.467. The van der Waals surface area contributed by atoms with Crippen molar-refractivity contribution >= 4 is 43.2 Å². The Labute approximate surface area is 137 Å². The molecule has 0 unspecified atom stereocenters. The first kappa shape index (κ1) is 16.1. The largest absolute Gasteiger partial charge is 0.492 e. The van der Waals surface area contributed by atoms with Crippen LogP contribution in [0.4, 0.5) is 5.69 Å². The van der Waals surface area contributed by atoms with Gasteiger partial charge in [0.15, 0.2) is 0 Å². The molecular formula is C14H13BrClNO3S. The van der Waals surface area contributed by atoms with E-state index in [9.17, 15) is 8.42 Å². The van der Waals surface area contributed by atoms with Crippen molar-refractivity contribution in [2.75, 3.05) is 11.3 Å². The Hall–Kier alpha value is -1.24. The van der Waals surface area contributed by atoms with E-state index in [1.54, 1.807) is 24.3 Å². The second kappa shape index (κ2) is 6.68. The number of anilines is 1. The predicted molar refractivity (Wildman–Crippen MR) is 87.6 cm³/mol. The van der Waals surface area contributed by atoms with Gasteiger partial charge >= 0.3 is 0 Å². The van der Waals surface area contributed by atoms with Crippen molar-refractivity contribution in [3.8, 4) is 5.75 Å². The second-order valence-corrected chi connectivity index (χ2v) is 7.15. The maximum atomic E-state index is 12.3. The van der Waals surface area contributed by atoms with Gasteiger partial charge in [-0.1, -0.05) is 33.6 Å². The van der Waals surface area contributed by atoms with Crippen molar-refractivity contribution in [1.82, 2.24) is 0 Å². The Morgan fingerprint density at radius 3 is 2.62 bits per heavy atom. The number of hydrogen-bond acceptors (Lipinski definition) is 3. The van der Waals surface area contributed by atoms with Crippen molar-refractivity contribution in [3.05, 3.63) is 52.0 Å². The van der Waals surface area contributed by atoms with Crippen molar-refractivity contribution in [2.45, 2.75) is 11.8 Å². The minimum absolute atomic E-state index is 0.0796. The van der Waals surface area contributed by atoms with Gasteiger partial charge in [0.05, 0.1) is 16.5 Å². The highest BCUT2D eigenvalue weighted by molar-refractivity contribution is 9.10. The van der Waals surface area contributed by atoms with E-state index in [-0.39, 0.29) is 9.92 Å². The van der Waals surface area contributed by atoms with Gasteiger partial charge in [-0.05, 0) is 43.3 Å². The number of sulfonamides is 1.